The zero-order chi connectivity index (χ0) is 100. The van der Waals surface area contributed by atoms with E-state index in [1.54, 1.807) is 107 Å². The van der Waals surface area contributed by atoms with E-state index in [0.29, 0.717) is 165 Å². The number of carbonyl (C=O) groups excluding carboxylic acids is 8. The number of rotatable bonds is 13. The number of benzene rings is 4. The van der Waals surface area contributed by atoms with Crippen LogP contribution in [0, 0.1) is 29.2 Å². The molecule has 5 fully saturated rings. The topological polar surface area (TPSA) is 304 Å². The number of hydrogen-bond acceptors (Lipinski definition) is 20. The third kappa shape index (κ3) is 24.3. The highest BCUT2D eigenvalue weighted by Crippen LogP contribution is 2.39. The van der Waals surface area contributed by atoms with Gasteiger partial charge in [-0.15, -0.1) is 0 Å². The van der Waals surface area contributed by atoms with Gasteiger partial charge >= 0.3 is 18.3 Å². The average molecular weight is 1910 g/mol. The largest absolute Gasteiger partial charge is 0.449 e. The first-order chi connectivity index (χ1) is 65.7. The Bertz CT molecular complexity index is 6300. The summed E-state index contributed by atoms with van der Waals surface area (Å²) in [6, 6.07) is 38.7. The van der Waals surface area contributed by atoms with Gasteiger partial charge in [0.1, 0.15) is 62.1 Å². The quantitative estimate of drug-likeness (QED) is 0.0765. The first-order valence-corrected chi connectivity index (χ1v) is 47.5. The van der Waals surface area contributed by atoms with Gasteiger partial charge in [0.05, 0.1) is 35.3 Å². The second-order valence-electron chi connectivity index (χ2n) is 40.3. The highest BCUT2D eigenvalue weighted by atomic mass is 19.1. The van der Waals surface area contributed by atoms with Gasteiger partial charge in [0.25, 0.3) is 23.6 Å². The first kappa shape index (κ1) is 101. The van der Waals surface area contributed by atoms with Crippen LogP contribution >= 0.6 is 0 Å². The number of amides is 8. The Balaban J connectivity index is 0.000000148. The molecule has 0 saturated carbocycles. The molecule has 0 aliphatic carbocycles. The molecule has 139 heavy (non-hydrogen) atoms. The number of carbonyl (C=O) groups is 8. The smallest absolute Gasteiger partial charge is 0.410 e. The Morgan fingerprint density at radius 1 is 0.331 bits per heavy atom. The van der Waals surface area contributed by atoms with Gasteiger partial charge in [-0.1, -0.05) is 55.4 Å². The summed E-state index contributed by atoms with van der Waals surface area (Å²) in [7, 11) is 0. The number of fused-ring (bicyclic) bond motifs is 4. The molecule has 0 N–H and O–H groups in total. The second-order valence-corrected chi connectivity index (χ2v) is 40.3. The van der Waals surface area contributed by atoms with Crippen molar-refractivity contribution in [2.75, 3.05) is 98.3 Å². The van der Waals surface area contributed by atoms with Crippen LogP contribution in [0.3, 0.4) is 0 Å². The first-order valence-electron chi connectivity index (χ1n) is 47.5. The van der Waals surface area contributed by atoms with Crippen LogP contribution in [-0.2, 0) is 23.7 Å². The van der Waals surface area contributed by atoms with Crippen LogP contribution in [0.2, 0.25) is 0 Å². The number of hydrogen-bond donors (Lipinski definition) is 0. The molecular formula is C107H124F4N12O16. The second kappa shape index (κ2) is 42.0. The number of pyridine rings is 4. The molecule has 4 aromatic carbocycles. The molecule has 4 atom stereocenters. The van der Waals surface area contributed by atoms with E-state index < -0.39 is 16.8 Å². The van der Waals surface area contributed by atoms with Crippen molar-refractivity contribution in [1.29, 1.82) is 0 Å². The van der Waals surface area contributed by atoms with Gasteiger partial charge in [-0.2, -0.15) is 0 Å². The van der Waals surface area contributed by atoms with E-state index in [4.69, 9.17) is 51.6 Å². The Morgan fingerprint density at radius 2 is 0.583 bits per heavy atom. The minimum absolute atomic E-state index is 0.0779. The summed E-state index contributed by atoms with van der Waals surface area (Å²) in [5.74, 6) is -0.699. The molecule has 0 spiro atoms. The molecule has 8 amide bonds. The maximum atomic E-state index is 13.4. The van der Waals surface area contributed by atoms with E-state index in [2.05, 4.69) is 18.8 Å². The van der Waals surface area contributed by atoms with Gasteiger partial charge in [0.2, 0.25) is 5.91 Å². The molecular weight excluding hydrogens is 1790 g/mol. The van der Waals surface area contributed by atoms with Crippen LogP contribution < -0.4 is 0 Å². The number of piperazine rings is 4. The molecule has 5 saturated heterocycles. The number of halogens is 4. The van der Waals surface area contributed by atoms with Gasteiger partial charge < -0.3 is 75.8 Å². The molecule has 17 rings (SSSR count). The maximum Gasteiger partial charge on any atom is 0.410 e. The summed E-state index contributed by atoms with van der Waals surface area (Å²) < 4.78 is 99.5. The summed E-state index contributed by atoms with van der Waals surface area (Å²) in [5, 5.41) is 0. The zero-order valence-corrected chi connectivity index (χ0v) is 82.7. The standard InChI is InChI=1S/C27H30FN3O4.2C27H32FN3O4.C26H30FN3O4/c1-16(2)21-12-22(18-4-6-20(28)7-5-18)29-23-13-24(35-25(21)23)27(33)30-9-10-31(17(3)14-30)26(32)19-8-11-34-15-19;2*1-16(2)20-13-21(18-7-9-19(28)10-8-18)29-22-14-23(34-24(20)22)25(32)31-12-11-30(15-17(31)3)26(33)35-27(4,5)6;1-16(2)19-14-20(17-6-8-18(27)9-7-17)28-21-15-22(33-23(19)21)24(31)29-10-12-30(13-11-29)25(32)34-26(3,4)5/h4-7,12-13,16-17,19H,8-11,14-15H2,1-3H3;2*7-10,13-14,16-17H,11-12,15H2,1-6H3;6-9,14-16H,10-13H2,1-5H3/t17-,19?;2*17-;/m010./s1. The molecule has 736 valence electrons. The molecule has 8 aromatic heterocycles. The fourth-order valence-corrected chi connectivity index (χ4v) is 17.3. The molecule has 28 nitrogen and oxygen atoms in total. The minimum Gasteiger partial charge on any atom is -0.449 e. The zero-order valence-electron chi connectivity index (χ0n) is 82.7. The van der Waals surface area contributed by atoms with Crippen molar-refractivity contribution in [3.8, 4) is 45.0 Å². The van der Waals surface area contributed by atoms with Gasteiger partial charge in [-0.05, 0) is 235 Å². The third-order valence-corrected chi connectivity index (χ3v) is 24.7. The fraction of sp³-hybridized carbons (Fsp3) is 0.439. The van der Waals surface area contributed by atoms with E-state index in [1.165, 1.54) is 48.5 Å². The lowest BCUT2D eigenvalue weighted by Gasteiger charge is -2.40. The van der Waals surface area contributed by atoms with Gasteiger partial charge in [-0.25, -0.2) is 51.9 Å². The van der Waals surface area contributed by atoms with Gasteiger partial charge in [0.15, 0.2) is 45.4 Å². The molecule has 1 unspecified atom stereocenters. The summed E-state index contributed by atoms with van der Waals surface area (Å²) >= 11 is 0. The van der Waals surface area contributed by atoms with E-state index >= 15 is 0 Å². The summed E-state index contributed by atoms with van der Waals surface area (Å²) in [5.41, 5.74) is 12.6. The van der Waals surface area contributed by atoms with E-state index in [1.807, 2.05) is 154 Å². The number of ether oxygens (including phenoxy) is 4. The van der Waals surface area contributed by atoms with Crippen LogP contribution in [0.4, 0.5) is 31.9 Å². The lowest BCUT2D eigenvalue weighted by molar-refractivity contribution is -0.139. The maximum absolute atomic E-state index is 13.4. The van der Waals surface area contributed by atoms with Crippen molar-refractivity contribution in [1.82, 2.24) is 59.1 Å². The summed E-state index contributed by atoms with van der Waals surface area (Å²) in [4.78, 5) is 136. The summed E-state index contributed by atoms with van der Waals surface area (Å²) in [6.45, 7) is 45.0. The predicted molar refractivity (Wildman–Crippen MR) is 520 cm³/mol. The van der Waals surface area contributed by atoms with Crippen LogP contribution in [0.25, 0.3) is 89.4 Å². The normalized spacial score (nSPS) is 17.2. The van der Waals surface area contributed by atoms with Crippen LogP contribution in [0.15, 0.2) is 163 Å². The van der Waals surface area contributed by atoms with Gasteiger partial charge in [0, 0.05) is 179 Å². The Kier molecular flexibility index (Phi) is 30.7. The highest BCUT2D eigenvalue weighted by molar-refractivity contribution is 6.00. The number of nitrogens with zero attached hydrogens (tertiary/aromatic N) is 12. The van der Waals surface area contributed by atoms with Crippen LogP contribution in [-0.4, -0.2) is 240 Å². The van der Waals surface area contributed by atoms with Crippen molar-refractivity contribution in [2.24, 2.45) is 5.92 Å². The molecule has 13 heterocycles. The van der Waals surface area contributed by atoms with E-state index in [0.717, 1.165) is 50.9 Å². The van der Waals surface area contributed by atoms with Crippen molar-refractivity contribution in [3.05, 3.63) is 214 Å². The van der Waals surface area contributed by atoms with Crippen molar-refractivity contribution in [2.45, 2.75) is 203 Å². The van der Waals surface area contributed by atoms with Crippen molar-refractivity contribution >= 4 is 92.2 Å². The Hall–Kier alpha value is -13.5. The van der Waals surface area contributed by atoms with E-state index in [-0.39, 0.29) is 142 Å². The predicted octanol–water partition coefficient (Wildman–Crippen LogP) is 21.6. The lowest BCUT2D eigenvalue weighted by Crippen LogP contribution is -2.56. The molecule has 0 bridgehead atoms. The average Bonchev–Trinajstić information content (AvgIpc) is 1.63. The van der Waals surface area contributed by atoms with Crippen LogP contribution in [0.1, 0.15) is 233 Å². The number of aromatic nitrogens is 4. The van der Waals surface area contributed by atoms with Crippen LogP contribution in [0.5, 0.6) is 0 Å². The van der Waals surface area contributed by atoms with Gasteiger partial charge in [-0.3, -0.25) is 24.0 Å². The van der Waals surface area contributed by atoms with Crippen molar-refractivity contribution in [3.63, 3.8) is 0 Å². The number of furan rings is 4. The minimum atomic E-state index is -0.574. The van der Waals surface area contributed by atoms with E-state index in [9.17, 15) is 55.9 Å². The summed E-state index contributed by atoms with van der Waals surface area (Å²) in [6.07, 6.45) is -0.365. The molecule has 5 aliphatic heterocycles. The Morgan fingerprint density at radius 3 is 0.856 bits per heavy atom. The fourth-order valence-electron chi connectivity index (χ4n) is 17.3. The Labute approximate surface area is 806 Å². The molecule has 5 aliphatic rings. The lowest BCUT2D eigenvalue weighted by atomic mass is 10.00. The monoisotopic (exact) mass is 1910 g/mol. The molecule has 0 radical (unpaired) electrons. The van der Waals surface area contributed by atoms with Crippen molar-refractivity contribution < 1.29 is 92.5 Å². The SMILES string of the molecule is CC(C)c1cc(-c2ccc(F)cc2)nc2cc(C(=O)N3CCN(C(=O)C4CCOC4)[C@@H](C)C3)oc12.CC(C)c1cc(-c2ccc(F)cc2)nc2cc(C(=O)N3CCN(C(=O)OC(C)(C)C)CC3)oc12.CC(C)c1cc(-c2ccc(F)cc2)nc2cc(C(=O)N3CCN(C(=O)OC(C)(C)C)C[C@@H]3C)oc12.CC(C)c1cc(-c2ccc(F)cc2)nc2cc(C(=O)N3CCN(C(=O)OC(C)(C)C)C[C@H]3C)oc12. The highest BCUT2D eigenvalue weighted by Gasteiger charge is 2.40. The third-order valence-electron chi connectivity index (χ3n) is 24.7. The molecule has 12 aromatic rings. The molecule has 32 heteroatoms.